The number of rotatable bonds is 11. The third kappa shape index (κ3) is 8.05. The average Bonchev–Trinajstić information content (AvgIpc) is 2.74. The fourth-order valence-electron chi connectivity index (χ4n) is 3.52. The van der Waals surface area contributed by atoms with Crippen molar-refractivity contribution in [3.05, 3.63) is 64.7 Å². The van der Waals surface area contributed by atoms with Crippen LogP contribution in [0.25, 0.3) is 0 Å². The Morgan fingerprint density at radius 3 is 2.36 bits per heavy atom. The molecule has 0 radical (unpaired) electrons. The minimum atomic E-state index is -3.54. The van der Waals surface area contributed by atoms with E-state index >= 15 is 0 Å². The maximum Gasteiger partial charge on any atom is 0.242 e. The van der Waals surface area contributed by atoms with E-state index < -0.39 is 16.1 Å². The molecule has 0 saturated heterocycles. The van der Waals surface area contributed by atoms with Crippen molar-refractivity contribution in [1.82, 2.24) is 10.2 Å². The molecule has 1 N–H and O–H groups in total. The molecule has 0 saturated carbocycles. The quantitative estimate of drug-likeness (QED) is 0.516. The summed E-state index contributed by atoms with van der Waals surface area (Å²) in [5.74, 6) is -0.433. The van der Waals surface area contributed by atoms with E-state index in [-0.39, 0.29) is 24.8 Å². The van der Waals surface area contributed by atoms with Crippen LogP contribution < -0.4 is 9.62 Å². The summed E-state index contributed by atoms with van der Waals surface area (Å²) < 4.78 is 25.9. The fraction of sp³-hybridized carbons (Fsp3) is 0.417. The molecule has 2 aromatic rings. The molecule has 0 aliphatic rings. The first-order valence-corrected chi connectivity index (χ1v) is 13.1. The van der Waals surface area contributed by atoms with Gasteiger partial charge in [0, 0.05) is 31.1 Å². The number of nitrogens with one attached hydrogen (secondary N) is 1. The van der Waals surface area contributed by atoms with Crippen molar-refractivity contribution in [3.63, 3.8) is 0 Å². The molecule has 33 heavy (non-hydrogen) atoms. The number of amides is 2. The Kier molecular flexibility index (Phi) is 9.73. The van der Waals surface area contributed by atoms with Gasteiger partial charge in [-0.25, -0.2) is 8.42 Å². The Balaban J connectivity index is 2.14. The SMILES string of the molecule is CCNC(=O)[C@@H](C)N(Cc1cccc(C)c1)C(=O)CCCN(c1ccc(Cl)cc1)S(C)(=O)=O. The number of aryl methyl sites for hydroxylation is 1. The van der Waals surface area contributed by atoms with Gasteiger partial charge in [0.25, 0.3) is 0 Å². The minimum Gasteiger partial charge on any atom is -0.355 e. The lowest BCUT2D eigenvalue weighted by Crippen LogP contribution is -2.47. The Hall–Kier alpha value is -2.58. The van der Waals surface area contributed by atoms with Crippen LogP contribution in [0.1, 0.15) is 37.8 Å². The summed E-state index contributed by atoms with van der Waals surface area (Å²) in [6, 6.07) is 13.6. The van der Waals surface area contributed by atoms with Crippen LogP contribution in [-0.2, 0) is 26.2 Å². The van der Waals surface area contributed by atoms with E-state index in [0.29, 0.717) is 30.2 Å². The molecule has 2 aromatic carbocycles. The smallest absolute Gasteiger partial charge is 0.242 e. The molecule has 0 aromatic heterocycles. The molecular weight excluding hydrogens is 462 g/mol. The lowest BCUT2D eigenvalue weighted by Gasteiger charge is -2.29. The first-order chi connectivity index (χ1) is 15.5. The summed E-state index contributed by atoms with van der Waals surface area (Å²) in [6.45, 7) is 6.41. The Bertz CT molecular complexity index is 1060. The van der Waals surface area contributed by atoms with Crippen molar-refractivity contribution in [3.8, 4) is 0 Å². The normalized spacial score (nSPS) is 12.2. The van der Waals surface area contributed by atoms with E-state index in [4.69, 9.17) is 11.6 Å². The highest BCUT2D eigenvalue weighted by molar-refractivity contribution is 7.92. The van der Waals surface area contributed by atoms with Gasteiger partial charge in [0.15, 0.2) is 0 Å². The minimum absolute atomic E-state index is 0.106. The van der Waals surface area contributed by atoms with E-state index in [9.17, 15) is 18.0 Å². The Morgan fingerprint density at radius 2 is 1.79 bits per heavy atom. The van der Waals surface area contributed by atoms with Gasteiger partial charge in [-0.3, -0.25) is 13.9 Å². The highest BCUT2D eigenvalue weighted by Gasteiger charge is 2.26. The van der Waals surface area contributed by atoms with Crippen molar-refractivity contribution in [2.45, 2.75) is 46.2 Å². The zero-order valence-corrected chi connectivity index (χ0v) is 21.1. The number of carbonyl (C=O) groups is 2. The molecular formula is C24H32ClN3O4S. The first-order valence-electron chi connectivity index (χ1n) is 10.9. The van der Waals surface area contributed by atoms with Gasteiger partial charge in [-0.1, -0.05) is 41.4 Å². The molecule has 1 atom stereocenters. The standard InChI is InChI=1S/C24H32ClN3O4S/c1-5-26-24(30)19(3)27(17-20-9-6-8-18(2)16-20)23(29)10-7-15-28(33(4,31)32)22-13-11-21(25)12-14-22/h6,8-9,11-14,16,19H,5,7,10,15,17H2,1-4H3,(H,26,30)/t19-/m1/s1. The molecule has 9 heteroatoms. The van der Waals surface area contributed by atoms with Crippen LogP contribution >= 0.6 is 11.6 Å². The largest absolute Gasteiger partial charge is 0.355 e. The molecule has 0 unspecified atom stereocenters. The molecule has 2 rings (SSSR count). The second-order valence-electron chi connectivity index (χ2n) is 8.00. The zero-order chi connectivity index (χ0) is 24.6. The van der Waals surface area contributed by atoms with Crippen LogP contribution in [0, 0.1) is 6.92 Å². The van der Waals surface area contributed by atoms with Gasteiger partial charge >= 0.3 is 0 Å². The van der Waals surface area contributed by atoms with Gasteiger partial charge in [-0.05, 0) is 57.0 Å². The van der Waals surface area contributed by atoms with Crippen molar-refractivity contribution in [2.75, 3.05) is 23.7 Å². The maximum atomic E-state index is 13.2. The summed E-state index contributed by atoms with van der Waals surface area (Å²) >= 11 is 5.91. The maximum absolute atomic E-state index is 13.2. The number of carbonyl (C=O) groups excluding carboxylic acids is 2. The molecule has 0 aliphatic heterocycles. The second-order valence-corrected chi connectivity index (χ2v) is 10.3. The monoisotopic (exact) mass is 493 g/mol. The van der Waals surface area contributed by atoms with Crippen LogP contribution in [0.5, 0.6) is 0 Å². The number of hydrogen-bond acceptors (Lipinski definition) is 4. The van der Waals surface area contributed by atoms with Crippen molar-refractivity contribution in [2.24, 2.45) is 0 Å². The number of halogens is 1. The number of sulfonamides is 1. The van der Waals surface area contributed by atoms with Gasteiger partial charge in [-0.2, -0.15) is 0 Å². The van der Waals surface area contributed by atoms with Gasteiger partial charge in [-0.15, -0.1) is 0 Å². The first kappa shape index (κ1) is 26.7. The summed E-state index contributed by atoms with van der Waals surface area (Å²) in [5, 5.41) is 3.27. The van der Waals surface area contributed by atoms with Crippen LogP contribution in [0.15, 0.2) is 48.5 Å². The molecule has 2 amide bonds. The molecule has 0 aliphatic carbocycles. The fourth-order valence-corrected chi connectivity index (χ4v) is 4.61. The van der Waals surface area contributed by atoms with E-state index in [1.165, 1.54) is 4.31 Å². The van der Waals surface area contributed by atoms with Crippen molar-refractivity contribution < 1.29 is 18.0 Å². The van der Waals surface area contributed by atoms with Gasteiger partial charge in [0.2, 0.25) is 21.8 Å². The molecule has 0 spiro atoms. The van der Waals surface area contributed by atoms with Crippen LogP contribution in [0.4, 0.5) is 5.69 Å². The second kappa shape index (κ2) is 12.0. The summed E-state index contributed by atoms with van der Waals surface area (Å²) in [5.41, 5.74) is 2.48. The van der Waals surface area contributed by atoms with Crippen LogP contribution in [0.3, 0.4) is 0 Å². The summed E-state index contributed by atoms with van der Waals surface area (Å²) in [6.07, 6.45) is 1.54. The number of anilines is 1. The zero-order valence-electron chi connectivity index (χ0n) is 19.5. The predicted octanol–water partition coefficient (Wildman–Crippen LogP) is 3.75. The third-order valence-corrected chi connectivity index (χ3v) is 6.67. The highest BCUT2D eigenvalue weighted by atomic mass is 35.5. The van der Waals surface area contributed by atoms with Crippen molar-refractivity contribution >= 4 is 39.1 Å². The van der Waals surface area contributed by atoms with Gasteiger partial charge in [0.05, 0.1) is 11.9 Å². The lowest BCUT2D eigenvalue weighted by molar-refractivity contribution is -0.140. The Labute approximate surface area is 201 Å². The number of likely N-dealkylation sites (N-methyl/N-ethyl adjacent to an activating group) is 1. The lowest BCUT2D eigenvalue weighted by atomic mass is 10.1. The van der Waals surface area contributed by atoms with E-state index in [2.05, 4.69) is 5.32 Å². The highest BCUT2D eigenvalue weighted by Crippen LogP contribution is 2.21. The van der Waals surface area contributed by atoms with Crippen LogP contribution in [-0.4, -0.2) is 50.5 Å². The molecule has 0 heterocycles. The number of hydrogen-bond donors (Lipinski definition) is 1. The summed E-state index contributed by atoms with van der Waals surface area (Å²) in [7, 11) is -3.54. The van der Waals surface area contributed by atoms with Gasteiger partial charge in [0.1, 0.15) is 6.04 Å². The average molecular weight is 494 g/mol. The van der Waals surface area contributed by atoms with E-state index in [1.807, 2.05) is 38.1 Å². The Morgan fingerprint density at radius 1 is 1.12 bits per heavy atom. The molecule has 0 bridgehead atoms. The topological polar surface area (TPSA) is 86.8 Å². The summed E-state index contributed by atoms with van der Waals surface area (Å²) in [4.78, 5) is 27.2. The van der Waals surface area contributed by atoms with Gasteiger partial charge < -0.3 is 10.2 Å². The number of nitrogens with zero attached hydrogens (tertiary/aromatic N) is 2. The third-order valence-electron chi connectivity index (χ3n) is 5.22. The predicted molar refractivity (Wildman–Crippen MR) is 133 cm³/mol. The van der Waals surface area contributed by atoms with Crippen LogP contribution in [0.2, 0.25) is 5.02 Å². The molecule has 7 nitrogen and oxygen atoms in total. The van der Waals surface area contributed by atoms with Crippen molar-refractivity contribution in [1.29, 1.82) is 0 Å². The van der Waals surface area contributed by atoms with E-state index in [0.717, 1.165) is 17.4 Å². The van der Waals surface area contributed by atoms with E-state index in [1.54, 1.807) is 36.1 Å². The molecule has 180 valence electrons. The molecule has 0 fully saturated rings. The number of benzene rings is 2.